The van der Waals surface area contributed by atoms with Crippen LogP contribution in [0.25, 0.3) is 0 Å². The number of hydrogen-bond donors (Lipinski definition) is 2. The van der Waals surface area contributed by atoms with Crippen molar-refractivity contribution in [2.75, 3.05) is 6.54 Å². The number of nitrogens with one attached hydrogen (secondary N) is 1. The van der Waals surface area contributed by atoms with Crippen molar-refractivity contribution in [3.63, 3.8) is 0 Å². The quantitative estimate of drug-likeness (QED) is 0.774. The molecule has 0 heterocycles. The lowest BCUT2D eigenvalue weighted by atomic mass is 10.0. The monoisotopic (exact) mass is 283 g/mol. The molecule has 0 radical (unpaired) electrons. The van der Waals surface area contributed by atoms with Crippen LogP contribution in [0.2, 0.25) is 0 Å². The van der Waals surface area contributed by atoms with Crippen molar-refractivity contribution in [2.24, 2.45) is 0 Å². The van der Waals surface area contributed by atoms with Gasteiger partial charge in [0.25, 0.3) is 0 Å². The average molecular weight is 283 g/mol. The molecule has 2 atom stereocenters. The van der Waals surface area contributed by atoms with Gasteiger partial charge < -0.3 is 10.4 Å². The van der Waals surface area contributed by atoms with Crippen molar-refractivity contribution in [3.05, 3.63) is 71.8 Å². The zero-order valence-corrected chi connectivity index (χ0v) is 12.7. The molecule has 2 nitrogen and oxygen atoms in total. The van der Waals surface area contributed by atoms with Gasteiger partial charge in [-0.05, 0) is 24.0 Å². The van der Waals surface area contributed by atoms with Crippen molar-refractivity contribution in [1.82, 2.24) is 5.32 Å². The van der Waals surface area contributed by atoms with Gasteiger partial charge in [0.2, 0.25) is 0 Å². The highest BCUT2D eigenvalue weighted by Gasteiger charge is 2.12. The Morgan fingerprint density at radius 2 is 1.57 bits per heavy atom. The second-order valence-electron chi connectivity index (χ2n) is 5.51. The predicted octanol–water partition coefficient (Wildman–Crippen LogP) is 3.72. The van der Waals surface area contributed by atoms with Gasteiger partial charge in [-0.3, -0.25) is 0 Å². The van der Waals surface area contributed by atoms with Gasteiger partial charge in [-0.25, -0.2) is 0 Å². The van der Waals surface area contributed by atoms with Crippen LogP contribution in [0.1, 0.15) is 37.0 Å². The number of aliphatic hydroxyl groups excluding tert-OH is 1. The summed E-state index contributed by atoms with van der Waals surface area (Å²) in [5.74, 6) is 0. The fraction of sp³-hybridized carbons (Fsp3) is 0.368. The Bertz CT molecular complexity index is 497. The molecule has 0 bridgehead atoms. The van der Waals surface area contributed by atoms with Crippen molar-refractivity contribution >= 4 is 0 Å². The second kappa shape index (κ2) is 8.60. The van der Waals surface area contributed by atoms with E-state index in [4.69, 9.17) is 0 Å². The van der Waals surface area contributed by atoms with Crippen LogP contribution in [0, 0.1) is 0 Å². The zero-order chi connectivity index (χ0) is 14.9. The molecule has 0 aliphatic rings. The van der Waals surface area contributed by atoms with E-state index in [2.05, 4.69) is 36.5 Å². The number of aliphatic hydroxyl groups is 1. The molecule has 2 aromatic carbocycles. The normalized spacial score (nSPS) is 13.8. The summed E-state index contributed by atoms with van der Waals surface area (Å²) in [6.45, 7) is 2.80. The fourth-order valence-corrected chi connectivity index (χ4v) is 2.59. The maximum absolute atomic E-state index is 10.2. The largest absolute Gasteiger partial charge is 0.387 e. The third-order valence-corrected chi connectivity index (χ3v) is 3.75. The van der Waals surface area contributed by atoms with Crippen LogP contribution in [0.15, 0.2) is 60.7 Å². The summed E-state index contributed by atoms with van der Waals surface area (Å²) in [7, 11) is 0. The minimum atomic E-state index is -0.443. The smallest absolute Gasteiger partial charge is 0.0914 e. The highest BCUT2D eigenvalue weighted by molar-refractivity contribution is 5.18. The first kappa shape index (κ1) is 15.7. The summed E-state index contributed by atoms with van der Waals surface area (Å²) in [6.07, 6.45) is 2.83. The molecular formula is C19H25NO. The highest BCUT2D eigenvalue weighted by Crippen LogP contribution is 2.13. The molecule has 112 valence electrons. The van der Waals surface area contributed by atoms with Crippen molar-refractivity contribution in [3.8, 4) is 0 Å². The maximum atomic E-state index is 10.2. The van der Waals surface area contributed by atoms with E-state index in [0.717, 1.165) is 24.8 Å². The molecule has 0 saturated heterocycles. The first-order chi connectivity index (χ1) is 10.3. The Balaban J connectivity index is 1.88. The summed E-state index contributed by atoms with van der Waals surface area (Å²) in [5.41, 5.74) is 2.32. The Labute approximate surface area is 127 Å². The van der Waals surface area contributed by atoms with E-state index in [0.29, 0.717) is 12.6 Å². The molecule has 0 amide bonds. The standard InChI is InChI=1S/C19H25NO/c1-2-9-18(14-16-10-5-3-6-11-16)20-15-19(21)17-12-7-4-8-13-17/h3-8,10-13,18-21H,2,9,14-15H2,1H3/t18-,19+/m1/s1. The molecule has 2 rings (SSSR count). The van der Waals surface area contributed by atoms with Gasteiger partial charge in [-0.2, -0.15) is 0 Å². The van der Waals surface area contributed by atoms with Gasteiger partial charge in [0.05, 0.1) is 6.10 Å². The summed E-state index contributed by atoms with van der Waals surface area (Å²) < 4.78 is 0. The van der Waals surface area contributed by atoms with Gasteiger partial charge in [0.1, 0.15) is 0 Å². The van der Waals surface area contributed by atoms with Crippen molar-refractivity contribution < 1.29 is 5.11 Å². The van der Waals surface area contributed by atoms with E-state index in [1.807, 2.05) is 36.4 Å². The van der Waals surface area contributed by atoms with Gasteiger partial charge in [0.15, 0.2) is 0 Å². The molecule has 2 heteroatoms. The fourth-order valence-electron chi connectivity index (χ4n) is 2.59. The molecule has 0 aromatic heterocycles. The Hall–Kier alpha value is -1.64. The third kappa shape index (κ3) is 5.33. The van der Waals surface area contributed by atoms with Crippen LogP contribution in [0.5, 0.6) is 0 Å². The molecular weight excluding hydrogens is 258 g/mol. The summed E-state index contributed by atoms with van der Waals surface area (Å²) >= 11 is 0. The zero-order valence-electron chi connectivity index (χ0n) is 12.7. The molecule has 2 aromatic rings. The van der Waals surface area contributed by atoms with E-state index < -0.39 is 6.10 Å². The second-order valence-corrected chi connectivity index (χ2v) is 5.51. The van der Waals surface area contributed by atoms with Gasteiger partial charge >= 0.3 is 0 Å². The third-order valence-electron chi connectivity index (χ3n) is 3.75. The molecule has 0 fully saturated rings. The molecule has 21 heavy (non-hydrogen) atoms. The number of benzene rings is 2. The van der Waals surface area contributed by atoms with Crippen LogP contribution < -0.4 is 5.32 Å². The minimum Gasteiger partial charge on any atom is -0.387 e. The SMILES string of the molecule is CCC[C@H](Cc1ccccc1)NC[C@H](O)c1ccccc1. The molecule has 0 saturated carbocycles. The summed E-state index contributed by atoms with van der Waals surface area (Å²) in [5, 5.41) is 13.8. The van der Waals surface area contributed by atoms with Crippen LogP contribution in [0.3, 0.4) is 0 Å². The lowest BCUT2D eigenvalue weighted by Crippen LogP contribution is -2.34. The predicted molar refractivity (Wildman–Crippen MR) is 88.2 cm³/mol. The Kier molecular flexibility index (Phi) is 6.45. The number of rotatable bonds is 8. The van der Waals surface area contributed by atoms with Crippen molar-refractivity contribution in [1.29, 1.82) is 0 Å². The first-order valence-corrected chi connectivity index (χ1v) is 7.80. The summed E-state index contributed by atoms with van der Waals surface area (Å²) in [4.78, 5) is 0. The van der Waals surface area contributed by atoms with E-state index in [-0.39, 0.29) is 0 Å². The van der Waals surface area contributed by atoms with Gasteiger partial charge in [-0.15, -0.1) is 0 Å². The molecule has 0 spiro atoms. The van der Waals surface area contributed by atoms with Gasteiger partial charge in [-0.1, -0.05) is 74.0 Å². The first-order valence-electron chi connectivity index (χ1n) is 7.80. The highest BCUT2D eigenvalue weighted by atomic mass is 16.3. The average Bonchev–Trinajstić information content (AvgIpc) is 2.54. The van der Waals surface area contributed by atoms with Crippen LogP contribution >= 0.6 is 0 Å². The van der Waals surface area contributed by atoms with E-state index in [1.165, 1.54) is 5.56 Å². The maximum Gasteiger partial charge on any atom is 0.0914 e. The molecule has 0 aliphatic carbocycles. The van der Waals surface area contributed by atoms with E-state index in [9.17, 15) is 5.11 Å². The molecule has 0 unspecified atom stereocenters. The van der Waals surface area contributed by atoms with Crippen LogP contribution in [0.4, 0.5) is 0 Å². The molecule has 0 aliphatic heterocycles. The lowest BCUT2D eigenvalue weighted by molar-refractivity contribution is 0.168. The lowest BCUT2D eigenvalue weighted by Gasteiger charge is -2.21. The van der Waals surface area contributed by atoms with Crippen LogP contribution in [-0.4, -0.2) is 17.7 Å². The minimum absolute atomic E-state index is 0.413. The van der Waals surface area contributed by atoms with Crippen molar-refractivity contribution in [2.45, 2.75) is 38.3 Å². The van der Waals surface area contributed by atoms with E-state index in [1.54, 1.807) is 0 Å². The van der Waals surface area contributed by atoms with Crippen LogP contribution in [-0.2, 0) is 6.42 Å². The van der Waals surface area contributed by atoms with E-state index >= 15 is 0 Å². The Morgan fingerprint density at radius 3 is 2.19 bits per heavy atom. The Morgan fingerprint density at radius 1 is 0.952 bits per heavy atom. The topological polar surface area (TPSA) is 32.3 Å². The number of hydrogen-bond acceptors (Lipinski definition) is 2. The molecule has 2 N–H and O–H groups in total. The van der Waals surface area contributed by atoms with Gasteiger partial charge in [0, 0.05) is 12.6 Å². The summed E-state index contributed by atoms with van der Waals surface area (Å²) in [6, 6.07) is 20.8.